The van der Waals surface area contributed by atoms with E-state index < -0.39 is 0 Å². The van der Waals surface area contributed by atoms with Gasteiger partial charge < -0.3 is 9.40 Å². The molecule has 0 aliphatic heterocycles. The summed E-state index contributed by atoms with van der Waals surface area (Å²) in [6.07, 6.45) is 2.73. The van der Waals surface area contributed by atoms with Gasteiger partial charge in [0.25, 0.3) is 0 Å². The molecular formula is C8H9NO. The Morgan fingerprint density at radius 3 is 3.20 bits per heavy atom. The van der Waals surface area contributed by atoms with E-state index in [1.165, 1.54) is 5.69 Å². The Morgan fingerprint density at radius 2 is 2.50 bits per heavy atom. The predicted octanol–water partition coefficient (Wildman–Crippen LogP) is 2.32. The maximum atomic E-state index is 5.17. The predicted molar refractivity (Wildman–Crippen MR) is 39.9 cm³/mol. The lowest BCUT2D eigenvalue weighted by atomic mass is 10.3. The second-order valence-corrected chi connectivity index (χ2v) is 2.35. The van der Waals surface area contributed by atoms with Gasteiger partial charge in [-0.2, -0.15) is 0 Å². The molecule has 0 bridgehead atoms. The van der Waals surface area contributed by atoms with Gasteiger partial charge in [0.05, 0.1) is 11.8 Å². The number of aromatic amines is 1. The molecule has 2 heteroatoms. The van der Waals surface area contributed by atoms with Crippen LogP contribution in [0.1, 0.15) is 12.6 Å². The fourth-order valence-electron chi connectivity index (χ4n) is 1.09. The third-order valence-corrected chi connectivity index (χ3v) is 1.68. The highest BCUT2D eigenvalue weighted by molar-refractivity contribution is 5.74. The molecule has 2 nitrogen and oxygen atoms in total. The van der Waals surface area contributed by atoms with Crippen LogP contribution in [0, 0.1) is 0 Å². The Kier molecular flexibility index (Phi) is 1.07. The highest BCUT2D eigenvalue weighted by atomic mass is 16.3. The molecule has 52 valence electrons. The molecule has 1 N–H and O–H groups in total. The minimum atomic E-state index is 0.955. The molecular weight excluding hydrogens is 126 g/mol. The molecule has 0 unspecified atom stereocenters. The Labute approximate surface area is 58.8 Å². The largest absolute Gasteiger partial charge is 0.463 e. The molecule has 0 saturated carbocycles. The molecule has 2 aromatic heterocycles. The fraction of sp³-hybridized carbons (Fsp3) is 0.250. The average molecular weight is 135 g/mol. The van der Waals surface area contributed by atoms with E-state index in [9.17, 15) is 0 Å². The monoisotopic (exact) mass is 135 g/mol. The second-order valence-electron chi connectivity index (χ2n) is 2.35. The second kappa shape index (κ2) is 1.90. The number of H-pyrrole nitrogens is 1. The molecule has 0 saturated heterocycles. The van der Waals surface area contributed by atoms with Crippen molar-refractivity contribution in [2.45, 2.75) is 13.3 Å². The Balaban J connectivity index is 2.67. The van der Waals surface area contributed by atoms with Crippen molar-refractivity contribution in [1.82, 2.24) is 4.98 Å². The molecule has 0 aromatic carbocycles. The molecule has 0 radical (unpaired) electrons. The lowest BCUT2D eigenvalue weighted by Crippen LogP contribution is -1.74. The smallest absolute Gasteiger partial charge is 0.151 e. The van der Waals surface area contributed by atoms with Crippen LogP contribution in [0.25, 0.3) is 11.1 Å². The summed E-state index contributed by atoms with van der Waals surface area (Å²) in [5, 5.41) is 0. The van der Waals surface area contributed by atoms with E-state index in [1.54, 1.807) is 6.26 Å². The third kappa shape index (κ3) is 0.652. The maximum Gasteiger partial charge on any atom is 0.151 e. The van der Waals surface area contributed by atoms with Crippen molar-refractivity contribution in [3.63, 3.8) is 0 Å². The SMILES string of the molecule is CCc1cc2occc2[nH]1. The molecule has 0 fully saturated rings. The molecule has 0 atom stereocenters. The van der Waals surface area contributed by atoms with E-state index in [0.29, 0.717) is 0 Å². The fourth-order valence-corrected chi connectivity index (χ4v) is 1.09. The van der Waals surface area contributed by atoms with E-state index in [1.807, 2.05) is 12.1 Å². The van der Waals surface area contributed by atoms with Gasteiger partial charge in [0.1, 0.15) is 0 Å². The van der Waals surface area contributed by atoms with Crippen LogP contribution in [0.4, 0.5) is 0 Å². The molecule has 10 heavy (non-hydrogen) atoms. The molecule has 2 heterocycles. The van der Waals surface area contributed by atoms with E-state index in [4.69, 9.17) is 4.42 Å². The number of aromatic nitrogens is 1. The zero-order chi connectivity index (χ0) is 6.97. The molecule has 0 aliphatic carbocycles. The van der Waals surface area contributed by atoms with Gasteiger partial charge in [-0.1, -0.05) is 6.92 Å². The average Bonchev–Trinajstić information content (AvgIpc) is 2.42. The topological polar surface area (TPSA) is 28.9 Å². The van der Waals surface area contributed by atoms with Crippen molar-refractivity contribution >= 4 is 11.1 Å². The van der Waals surface area contributed by atoms with Gasteiger partial charge in [-0.15, -0.1) is 0 Å². The standard InChI is InChI=1S/C8H9NO/c1-2-6-5-8-7(9-6)3-4-10-8/h3-5,9H,2H2,1H3. The highest BCUT2D eigenvalue weighted by Gasteiger charge is 1.99. The van der Waals surface area contributed by atoms with Crippen molar-refractivity contribution in [2.24, 2.45) is 0 Å². The number of nitrogens with one attached hydrogen (secondary N) is 1. The van der Waals surface area contributed by atoms with Gasteiger partial charge in [-0.3, -0.25) is 0 Å². The Hall–Kier alpha value is -1.18. The normalized spacial score (nSPS) is 10.9. The van der Waals surface area contributed by atoms with Crippen LogP contribution >= 0.6 is 0 Å². The van der Waals surface area contributed by atoms with Gasteiger partial charge in [-0.05, 0) is 6.42 Å². The van der Waals surface area contributed by atoms with Crippen LogP contribution in [-0.2, 0) is 6.42 Å². The van der Waals surface area contributed by atoms with E-state index in [-0.39, 0.29) is 0 Å². The van der Waals surface area contributed by atoms with Crippen LogP contribution < -0.4 is 0 Å². The summed E-state index contributed by atoms with van der Waals surface area (Å²) in [5.41, 5.74) is 3.28. The first-order valence-electron chi connectivity index (χ1n) is 3.45. The van der Waals surface area contributed by atoms with Gasteiger partial charge in [0.15, 0.2) is 5.58 Å². The summed E-state index contributed by atoms with van der Waals surface area (Å²) in [6, 6.07) is 3.98. The number of fused-ring (bicyclic) bond motifs is 1. The molecule has 2 aromatic rings. The van der Waals surface area contributed by atoms with Crippen LogP contribution in [0.3, 0.4) is 0 Å². The Morgan fingerprint density at radius 1 is 1.60 bits per heavy atom. The molecule has 0 amide bonds. The lowest BCUT2D eigenvalue weighted by molar-refractivity contribution is 0.616. The number of rotatable bonds is 1. The number of hydrogen-bond acceptors (Lipinski definition) is 1. The summed E-state index contributed by atoms with van der Waals surface area (Å²) in [4.78, 5) is 3.23. The first-order valence-corrected chi connectivity index (χ1v) is 3.45. The minimum absolute atomic E-state index is 0.955. The van der Waals surface area contributed by atoms with Crippen molar-refractivity contribution < 1.29 is 4.42 Å². The zero-order valence-corrected chi connectivity index (χ0v) is 5.85. The summed E-state index contributed by atoms with van der Waals surface area (Å²) < 4.78 is 5.17. The number of furan rings is 1. The number of aryl methyl sites for hydroxylation is 1. The van der Waals surface area contributed by atoms with E-state index >= 15 is 0 Å². The molecule has 0 spiro atoms. The quantitative estimate of drug-likeness (QED) is 0.638. The zero-order valence-electron chi connectivity index (χ0n) is 5.85. The summed E-state index contributed by atoms with van der Waals surface area (Å²) in [6.45, 7) is 2.12. The van der Waals surface area contributed by atoms with E-state index in [0.717, 1.165) is 17.5 Å². The molecule has 2 rings (SSSR count). The summed E-state index contributed by atoms with van der Waals surface area (Å²) in [5.74, 6) is 0. The van der Waals surface area contributed by atoms with Crippen molar-refractivity contribution in [3.8, 4) is 0 Å². The van der Waals surface area contributed by atoms with Gasteiger partial charge in [0.2, 0.25) is 0 Å². The van der Waals surface area contributed by atoms with Crippen LogP contribution in [-0.4, -0.2) is 4.98 Å². The van der Waals surface area contributed by atoms with Crippen LogP contribution in [0.5, 0.6) is 0 Å². The lowest BCUT2D eigenvalue weighted by Gasteiger charge is -1.82. The molecule has 0 aliphatic rings. The van der Waals surface area contributed by atoms with Gasteiger partial charge in [0, 0.05) is 17.8 Å². The van der Waals surface area contributed by atoms with Crippen molar-refractivity contribution in [1.29, 1.82) is 0 Å². The van der Waals surface area contributed by atoms with Crippen LogP contribution in [0.2, 0.25) is 0 Å². The van der Waals surface area contributed by atoms with Gasteiger partial charge >= 0.3 is 0 Å². The van der Waals surface area contributed by atoms with Gasteiger partial charge in [-0.25, -0.2) is 0 Å². The number of hydrogen-bond donors (Lipinski definition) is 1. The minimum Gasteiger partial charge on any atom is -0.463 e. The van der Waals surface area contributed by atoms with E-state index in [2.05, 4.69) is 11.9 Å². The first-order chi connectivity index (χ1) is 4.90. The maximum absolute atomic E-state index is 5.17. The highest BCUT2D eigenvalue weighted by Crippen LogP contribution is 2.15. The first kappa shape index (κ1) is 5.59. The summed E-state index contributed by atoms with van der Waals surface area (Å²) >= 11 is 0. The van der Waals surface area contributed by atoms with Crippen molar-refractivity contribution in [2.75, 3.05) is 0 Å². The van der Waals surface area contributed by atoms with Crippen molar-refractivity contribution in [3.05, 3.63) is 24.1 Å². The summed E-state index contributed by atoms with van der Waals surface area (Å²) in [7, 11) is 0. The Bertz CT molecular complexity index is 303. The third-order valence-electron chi connectivity index (χ3n) is 1.68. The van der Waals surface area contributed by atoms with Crippen LogP contribution in [0.15, 0.2) is 22.8 Å².